The number of hydrogen-bond acceptors (Lipinski definition) is 6. The maximum absolute atomic E-state index is 12.1. The molecule has 0 aliphatic rings. The second kappa shape index (κ2) is 20.4. The average molecular weight is 556 g/mol. The summed E-state index contributed by atoms with van der Waals surface area (Å²) in [5.74, 6) is -1.38. The third-order valence-corrected chi connectivity index (χ3v) is 5.62. The zero-order valence-corrected chi connectivity index (χ0v) is 22.8. The minimum atomic E-state index is -0.638. The van der Waals surface area contributed by atoms with Gasteiger partial charge in [0.2, 0.25) is 5.91 Å². The van der Waals surface area contributed by atoms with Crippen molar-refractivity contribution in [2.45, 2.75) is 63.8 Å². The first-order valence-corrected chi connectivity index (χ1v) is 12.3. The van der Waals surface area contributed by atoms with Crippen molar-refractivity contribution in [2.75, 3.05) is 13.1 Å². The molecule has 0 aliphatic carbocycles. The first-order valence-electron chi connectivity index (χ1n) is 12.3. The van der Waals surface area contributed by atoms with Crippen molar-refractivity contribution in [3.05, 3.63) is 71.3 Å². The molecule has 2 amide bonds. The Labute approximate surface area is 232 Å². The fourth-order valence-electron chi connectivity index (χ4n) is 3.57. The summed E-state index contributed by atoms with van der Waals surface area (Å²) in [4.78, 5) is 40.5. The molecule has 8 nitrogen and oxygen atoms in total. The smallest absolute Gasteiger partial charge is 0.334 e. The van der Waals surface area contributed by atoms with Gasteiger partial charge >= 0.3 is 5.97 Å². The van der Waals surface area contributed by atoms with E-state index in [-0.39, 0.29) is 50.1 Å². The van der Waals surface area contributed by atoms with Crippen LogP contribution in [0.3, 0.4) is 0 Å². The van der Waals surface area contributed by atoms with E-state index in [2.05, 4.69) is 35.1 Å². The Morgan fingerprint density at radius 1 is 0.811 bits per heavy atom. The number of nitrogens with one attached hydrogen (secondary N) is 2. The number of aryl methyl sites for hydroxylation is 2. The molecule has 2 aromatic rings. The fourth-order valence-corrected chi connectivity index (χ4v) is 3.57. The Hall–Kier alpha value is -2.65. The van der Waals surface area contributed by atoms with E-state index in [1.54, 1.807) is 0 Å². The second-order valence-electron chi connectivity index (χ2n) is 8.62. The van der Waals surface area contributed by atoms with Gasteiger partial charge in [0.15, 0.2) is 0 Å². The van der Waals surface area contributed by atoms with Gasteiger partial charge in [0, 0.05) is 6.54 Å². The van der Waals surface area contributed by atoms with Crippen LogP contribution in [0.1, 0.15) is 55.2 Å². The summed E-state index contributed by atoms with van der Waals surface area (Å²) in [6.45, 7) is 0.651. The lowest BCUT2D eigenvalue weighted by Gasteiger charge is -2.11. The molecule has 1 atom stereocenters. The van der Waals surface area contributed by atoms with Crippen LogP contribution in [0.25, 0.3) is 0 Å². The average Bonchev–Trinajstić information content (AvgIpc) is 2.87. The standard InChI is InChI=1S/C27H38N4O4.2ClH/c28-18-7-6-12-24(29)27(34)30-19-17-26(33)35-31-25(32)20-23-15-13-22(14-16-23)11-5-4-10-21-8-2-1-3-9-21;;/h1-3,8-9,13-16,24H,4-7,10-12,17-20,28-29H2,(H,30,34)(H,31,32);2*1H. The topological polar surface area (TPSA) is 137 Å². The van der Waals surface area contributed by atoms with E-state index in [1.807, 2.05) is 30.3 Å². The number of unbranched alkanes of at least 4 members (excludes halogenated alkanes) is 2. The predicted octanol–water partition coefficient (Wildman–Crippen LogP) is 3.18. The molecule has 0 aliphatic heterocycles. The molecule has 0 saturated carbocycles. The lowest BCUT2D eigenvalue weighted by atomic mass is 10.0. The highest BCUT2D eigenvalue weighted by atomic mass is 35.5. The summed E-state index contributed by atoms with van der Waals surface area (Å²) in [6.07, 6.45) is 6.47. The highest BCUT2D eigenvalue weighted by molar-refractivity contribution is 5.85. The molecule has 206 valence electrons. The Kier molecular flexibility index (Phi) is 19.0. The van der Waals surface area contributed by atoms with Gasteiger partial charge in [-0.25, -0.2) is 4.79 Å². The molecule has 0 radical (unpaired) electrons. The predicted molar refractivity (Wildman–Crippen MR) is 150 cm³/mol. The van der Waals surface area contributed by atoms with Gasteiger partial charge in [-0.3, -0.25) is 9.59 Å². The third kappa shape index (κ3) is 15.3. The Morgan fingerprint density at radius 3 is 2.03 bits per heavy atom. The fraction of sp³-hybridized carbons (Fsp3) is 0.444. The zero-order valence-electron chi connectivity index (χ0n) is 21.2. The summed E-state index contributed by atoms with van der Waals surface area (Å²) >= 11 is 0. The molecule has 0 bridgehead atoms. The van der Waals surface area contributed by atoms with Gasteiger partial charge in [0.25, 0.3) is 5.91 Å². The summed E-state index contributed by atoms with van der Waals surface area (Å²) in [5.41, 5.74) is 16.8. The van der Waals surface area contributed by atoms with Gasteiger partial charge in [-0.15, -0.1) is 24.8 Å². The van der Waals surface area contributed by atoms with Crippen LogP contribution in [-0.4, -0.2) is 36.9 Å². The Balaban J connectivity index is 0.00000648. The maximum Gasteiger partial charge on any atom is 0.334 e. The molecular formula is C27H40Cl2N4O4. The third-order valence-electron chi connectivity index (χ3n) is 5.62. The number of hydrogen-bond donors (Lipinski definition) is 4. The molecular weight excluding hydrogens is 515 g/mol. The quantitative estimate of drug-likeness (QED) is 0.197. The summed E-state index contributed by atoms with van der Waals surface area (Å²) in [6, 6.07) is 17.7. The number of halogens is 2. The van der Waals surface area contributed by atoms with Crippen LogP contribution >= 0.6 is 24.8 Å². The molecule has 0 saturated heterocycles. The molecule has 0 fully saturated rings. The van der Waals surface area contributed by atoms with Crippen molar-refractivity contribution in [3.63, 3.8) is 0 Å². The van der Waals surface area contributed by atoms with Gasteiger partial charge in [-0.1, -0.05) is 61.0 Å². The molecule has 37 heavy (non-hydrogen) atoms. The number of carbonyl (C=O) groups is 3. The minimum absolute atomic E-state index is 0. The van der Waals surface area contributed by atoms with E-state index in [0.29, 0.717) is 13.0 Å². The normalized spacial score (nSPS) is 10.9. The first kappa shape index (κ1) is 34.4. The van der Waals surface area contributed by atoms with Gasteiger partial charge < -0.3 is 21.6 Å². The highest BCUT2D eigenvalue weighted by Gasteiger charge is 2.14. The lowest BCUT2D eigenvalue weighted by Crippen LogP contribution is -2.41. The monoisotopic (exact) mass is 554 g/mol. The molecule has 1 unspecified atom stereocenters. The van der Waals surface area contributed by atoms with Crippen molar-refractivity contribution in [3.8, 4) is 0 Å². The van der Waals surface area contributed by atoms with Crippen LogP contribution in [0.15, 0.2) is 54.6 Å². The number of rotatable bonds is 15. The van der Waals surface area contributed by atoms with Crippen molar-refractivity contribution < 1.29 is 19.2 Å². The SMILES string of the molecule is Cl.Cl.NCCCCC(N)C(=O)NCCC(=O)ONC(=O)Cc1ccc(CCCCc2ccccc2)cc1. The van der Waals surface area contributed by atoms with E-state index >= 15 is 0 Å². The van der Waals surface area contributed by atoms with Crippen molar-refractivity contribution in [1.82, 2.24) is 10.8 Å². The van der Waals surface area contributed by atoms with Crippen molar-refractivity contribution in [1.29, 1.82) is 0 Å². The molecule has 6 N–H and O–H groups in total. The van der Waals surface area contributed by atoms with Crippen LogP contribution in [0, 0.1) is 0 Å². The number of carbonyl (C=O) groups excluding carboxylic acids is 3. The van der Waals surface area contributed by atoms with E-state index in [0.717, 1.165) is 44.1 Å². The number of hydroxylamine groups is 1. The zero-order chi connectivity index (χ0) is 25.3. The van der Waals surface area contributed by atoms with Crippen molar-refractivity contribution >= 4 is 42.6 Å². The summed E-state index contributed by atoms with van der Waals surface area (Å²) in [7, 11) is 0. The van der Waals surface area contributed by atoms with Gasteiger partial charge in [-0.05, 0) is 61.8 Å². The first-order chi connectivity index (χ1) is 17.0. The highest BCUT2D eigenvalue weighted by Crippen LogP contribution is 2.11. The van der Waals surface area contributed by atoms with Crippen LogP contribution in [0.5, 0.6) is 0 Å². The number of nitrogens with two attached hydrogens (primary N) is 2. The van der Waals surface area contributed by atoms with E-state index in [1.165, 1.54) is 11.1 Å². The summed E-state index contributed by atoms with van der Waals surface area (Å²) in [5, 5.41) is 2.59. The molecule has 0 aromatic heterocycles. The van der Waals surface area contributed by atoms with E-state index < -0.39 is 17.9 Å². The van der Waals surface area contributed by atoms with Gasteiger partial charge in [0.1, 0.15) is 0 Å². The van der Waals surface area contributed by atoms with Crippen LogP contribution in [0.4, 0.5) is 0 Å². The summed E-state index contributed by atoms with van der Waals surface area (Å²) < 4.78 is 0. The lowest BCUT2D eigenvalue weighted by molar-refractivity contribution is -0.158. The number of benzene rings is 2. The molecule has 2 rings (SSSR count). The van der Waals surface area contributed by atoms with E-state index in [4.69, 9.17) is 16.3 Å². The van der Waals surface area contributed by atoms with Gasteiger partial charge in [0.05, 0.1) is 18.9 Å². The van der Waals surface area contributed by atoms with Crippen molar-refractivity contribution in [2.24, 2.45) is 11.5 Å². The Morgan fingerprint density at radius 2 is 1.41 bits per heavy atom. The molecule has 10 heteroatoms. The van der Waals surface area contributed by atoms with Crippen LogP contribution < -0.4 is 22.3 Å². The maximum atomic E-state index is 12.1. The van der Waals surface area contributed by atoms with Gasteiger partial charge in [-0.2, -0.15) is 5.48 Å². The Bertz CT molecular complexity index is 914. The van der Waals surface area contributed by atoms with Crippen LogP contribution in [0.2, 0.25) is 0 Å². The number of amides is 2. The molecule has 0 spiro atoms. The van der Waals surface area contributed by atoms with Crippen LogP contribution in [-0.2, 0) is 38.5 Å². The minimum Gasteiger partial charge on any atom is -0.354 e. The largest absolute Gasteiger partial charge is 0.354 e. The molecule has 0 heterocycles. The van der Waals surface area contributed by atoms with E-state index in [9.17, 15) is 14.4 Å². The molecule has 2 aromatic carbocycles. The second-order valence-corrected chi connectivity index (χ2v) is 8.62.